The van der Waals surface area contributed by atoms with Crippen molar-refractivity contribution in [2.45, 2.75) is 13.5 Å². The third-order valence-electron chi connectivity index (χ3n) is 2.09. The van der Waals surface area contributed by atoms with Crippen molar-refractivity contribution in [3.05, 3.63) is 29.8 Å². The Labute approximate surface area is 96.8 Å². The number of rotatable bonds is 4. The van der Waals surface area contributed by atoms with E-state index in [0.717, 1.165) is 6.07 Å². The summed E-state index contributed by atoms with van der Waals surface area (Å²) in [4.78, 5) is 4.02. The maximum Gasteiger partial charge on any atom is 0.261 e. The van der Waals surface area contributed by atoms with Crippen molar-refractivity contribution >= 4 is 0 Å². The fourth-order valence-electron chi connectivity index (χ4n) is 1.30. The average molecular weight is 238 g/mol. The number of phenolic OH excluding ortho intramolecular Hbond substituents is 1. The van der Waals surface area contributed by atoms with Gasteiger partial charge in [0.2, 0.25) is 0 Å². The summed E-state index contributed by atoms with van der Waals surface area (Å²) in [5, 5.41) is 13.2. The molecule has 6 heteroatoms. The first-order valence-electron chi connectivity index (χ1n) is 5.10. The Morgan fingerprint density at radius 3 is 3.00 bits per heavy atom. The van der Waals surface area contributed by atoms with Crippen LogP contribution in [0.1, 0.15) is 12.7 Å². The number of phenols is 1. The number of aromatic nitrogens is 2. The molecule has 1 heterocycles. The van der Waals surface area contributed by atoms with Crippen molar-refractivity contribution in [2.24, 2.45) is 0 Å². The monoisotopic (exact) mass is 238 g/mol. The van der Waals surface area contributed by atoms with Gasteiger partial charge in [-0.2, -0.15) is 4.98 Å². The molecule has 5 nitrogen and oxygen atoms in total. The smallest absolute Gasteiger partial charge is 0.261 e. The van der Waals surface area contributed by atoms with Crippen LogP contribution in [0.5, 0.6) is 5.75 Å². The van der Waals surface area contributed by atoms with Gasteiger partial charge in [-0.15, -0.1) is 0 Å². The summed E-state index contributed by atoms with van der Waals surface area (Å²) in [5.74, 6) is -0.250. The quantitative estimate of drug-likeness (QED) is 0.883. The Morgan fingerprint density at radius 2 is 2.29 bits per heavy atom. The summed E-state index contributed by atoms with van der Waals surface area (Å²) in [7, 11) is 0. The third kappa shape index (κ3) is 2.59. The highest BCUT2D eigenvalue weighted by atomic mass is 19.1. The number of hydrogen-bond acceptors (Lipinski definition) is 5. The minimum Gasteiger partial charge on any atom is -0.507 e. The molecule has 0 bridgehead atoms. The second-order valence-corrected chi connectivity index (χ2v) is 3.31. The lowest BCUT2D eigenvalue weighted by atomic mass is 10.2. The molecule has 0 saturated carbocycles. The summed E-state index contributed by atoms with van der Waals surface area (Å²) in [6.45, 7) is 2.64. The first-order valence-corrected chi connectivity index (χ1v) is 5.10. The Hall–Kier alpha value is -1.95. The maximum atomic E-state index is 12.8. The van der Waals surface area contributed by atoms with E-state index in [0.29, 0.717) is 18.0 Å². The third-order valence-corrected chi connectivity index (χ3v) is 2.09. The van der Waals surface area contributed by atoms with Crippen molar-refractivity contribution in [1.82, 2.24) is 10.1 Å². The number of halogens is 1. The van der Waals surface area contributed by atoms with Crippen LogP contribution in [-0.4, -0.2) is 21.9 Å². The molecule has 1 N–H and O–H groups in total. The predicted octanol–water partition coefficient (Wildman–Crippen LogP) is 2.12. The normalized spacial score (nSPS) is 10.7. The molecule has 0 atom stereocenters. The number of hydrogen-bond donors (Lipinski definition) is 1. The van der Waals surface area contributed by atoms with Gasteiger partial charge in [-0.25, -0.2) is 4.39 Å². The van der Waals surface area contributed by atoms with Gasteiger partial charge in [0.15, 0.2) is 5.82 Å². The molecule has 0 spiro atoms. The average Bonchev–Trinajstić information content (AvgIpc) is 2.75. The highest BCUT2D eigenvalue weighted by Gasteiger charge is 2.13. The second kappa shape index (κ2) is 4.92. The minimum atomic E-state index is -0.527. The lowest BCUT2D eigenvalue weighted by Gasteiger charge is -1.98. The molecule has 0 amide bonds. The van der Waals surface area contributed by atoms with E-state index in [-0.39, 0.29) is 18.2 Å². The molecule has 2 rings (SSSR count). The molecule has 0 aliphatic rings. The van der Waals surface area contributed by atoms with Gasteiger partial charge in [0.05, 0.1) is 5.56 Å². The second-order valence-electron chi connectivity index (χ2n) is 3.31. The highest BCUT2D eigenvalue weighted by molar-refractivity contribution is 5.61. The summed E-state index contributed by atoms with van der Waals surface area (Å²) in [6, 6.07) is 3.58. The van der Waals surface area contributed by atoms with E-state index in [4.69, 9.17) is 9.26 Å². The molecule has 0 unspecified atom stereocenters. The Kier molecular flexibility index (Phi) is 3.34. The largest absolute Gasteiger partial charge is 0.507 e. The molecular formula is C11H11FN2O3. The van der Waals surface area contributed by atoms with E-state index in [2.05, 4.69) is 10.1 Å². The van der Waals surface area contributed by atoms with Gasteiger partial charge in [0, 0.05) is 12.7 Å². The van der Waals surface area contributed by atoms with Crippen molar-refractivity contribution < 1.29 is 18.8 Å². The first kappa shape index (κ1) is 11.5. The molecule has 0 radical (unpaired) electrons. The molecule has 0 aliphatic carbocycles. The number of benzene rings is 1. The van der Waals surface area contributed by atoms with Crippen molar-refractivity contribution in [3.8, 4) is 17.2 Å². The molecule has 1 aromatic carbocycles. The van der Waals surface area contributed by atoms with Crippen LogP contribution in [0, 0.1) is 5.82 Å². The minimum absolute atomic E-state index is 0.136. The predicted molar refractivity (Wildman–Crippen MR) is 56.7 cm³/mol. The van der Waals surface area contributed by atoms with Gasteiger partial charge in [-0.3, -0.25) is 0 Å². The molecule has 0 fully saturated rings. The lowest BCUT2D eigenvalue weighted by molar-refractivity contribution is 0.126. The van der Waals surface area contributed by atoms with Crippen LogP contribution in [0.3, 0.4) is 0 Å². The van der Waals surface area contributed by atoms with Crippen LogP contribution >= 0.6 is 0 Å². The lowest BCUT2D eigenvalue weighted by Crippen LogP contribution is -1.93. The maximum absolute atomic E-state index is 12.8. The zero-order chi connectivity index (χ0) is 12.3. The van der Waals surface area contributed by atoms with E-state index < -0.39 is 5.82 Å². The van der Waals surface area contributed by atoms with Crippen molar-refractivity contribution in [1.29, 1.82) is 0 Å². The van der Waals surface area contributed by atoms with E-state index >= 15 is 0 Å². The molecular weight excluding hydrogens is 227 g/mol. The van der Waals surface area contributed by atoms with Crippen molar-refractivity contribution in [3.63, 3.8) is 0 Å². The summed E-state index contributed by atoms with van der Waals surface area (Å²) in [5.41, 5.74) is 0.293. The summed E-state index contributed by atoms with van der Waals surface area (Å²) in [6.07, 6.45) is 0. The number of aromatic hydroxyl groups is 1. The number of ether oxygens (including phenoxy) is 1. The summed E-state index contributed by atoms with van der Waals surface area (Å²) >= 11 is 0. The van der Waals surface area contributed by atoms with Gasteiger partial charge < -0.3 is 14.4 Å². The van der Waals surface area contributed by atoms with Gasteiger partial charge in [-0.1, -0.05) is 5.16 Å². The zero-order valence-corrected chi connectivity index (χ0v) is 9.18. The highest BCUT2D eigenvalue weighted by Crippen LogP contribution is 2.28. The van der Waals surface area contributed by atoms with Crippen LogP contribution in [-0.2, 0) is 11.3 Å². The molecule has 1 aromatic heterocycles. The van der Waals surface area contributed by atoms with Crippen LogP contribution in [0.2, 0.25) is 0 Å². The molecule has 90 valence electrons. The Bertz CT molecular complexity index is 513. The van der Waals surface area contributed by atoms with E-state index in [9.17, 15) is 9.50 Å². The summed E-state index contributed by atoms with van der Waals surface area (Å²) < 4.78 is 22.8. The number of nitrogens with zero attached hydrogens (tertiary/aromatic N) is 2. The fourth-order valence-corrected chi connectivity index (χ4v) is 1.30. The van der Waals surface area contributed by atoms with Gasteiger partial charge >= 0.3 is 0 Å². The SMILES string of the molecule is CCOCc1noc(-c2ccc(F)cc2O)n1. The van der Waals surface area contributed by atoms with Crippen LogP contribution in [0.15, 0.2) is 22.7 Å². The van der Waals surface area contributed by atoms with Crippen LogP contribution in [0.4, 0.5) is 4.39 Å². The van der Waals surface area contributed by atoms with Crippen LogP contribution < -0.4 is 0 Å². The fraction of sp³-hybridized carbons (Fsp3) is 0.273. The standard InChI is InChI=1S/C11H11FN2O3/c1-2-16-6-10-13-11(17-14-10)8-4-3-7(12)5-9(8)15/h3-5,15H,2,6H2,1H3. The molecule has 17 heavy (non-hydrogen) atoms. The van der Waals surface area contributed by atoms with E-state index in [1.807, 2.05) is 6.92 Å². The zero-order valence-electron chi connectivity index (χ0n) is 9.18. The van der Waals surface area contributed by atoms with Gasteiger partial charge in [-0.05, 0) is 19.1 Å². The molecule has 0 aliphatic heterocycles. The van der Waals surface area contributed by atoms with E-state index in [1.54, 1.807) is 0 Å². The van der Waals surface area contributed by atoms with E-state index in [1.165, 1.54) is 12.1 Å². The Balaban J connectivity index is 2.24. The van der Waals surface area contributed by atoms with Crippen molar-refractivity contribution in [2.75, 3.05) is 6.61 Å². The van der Waals surface area contributed by atoms with Gasteiger partial charge in [0.1, 0.15) is 18.2 Å². The first-order chi connectivity index (χ1) is 8.20. The topological polar surface area (TPSA) is 68.4 Å². The van der Waals surface area contributed by atoms with Crippen LogP contribution in [0.25, 0.3) is 11.5 Å². The molecule has 0 saturated heterocycles. The molecule has 2 aromatic rings. The van der Waals surface area contributed by atoms with Gasteiger partial charge in [0.25, 0.3) is 5.89 Å². The Morgan fingerprint density at radius 1 is 1.47 bits per heavy atom.